The zero-order valence-corrected chi connectivity index (χ0v) is 34.3. The maximum Gasteiger partial charge on any atom is 0.355 e. The molecule has 14 nitrogen and oxygen atoms in total. The number of amides is 1. The monoisotopic (exact) mass is 861 g/mol. The highest BCUT2D eigenvalue weighted by Crippen LogP contribution is 2.35. The Bertz CT molecular complexity index is 1860. The predicted molar refractivity (Wildman–Crippen MR) is 205 cm³/mol. The molecule has 4 N–H and O–H groups in total. The standard InChI is InChI=1S/C15H14Cl2F3N3O3.C14H20ClNO2.C5H12NO4P/c1-3-26-13(24)10(17)4-8-5-12(11(18)6-9(8)16)23-15(25)22(14(19)20)7(2)21-23;1-4-12-8-6-7-11(3)14(12)16(10-18-5-2)13(17)9-15;1-11(9,10)3-2-4(6)5(7)8/h5-6,10,14H,3-4H2,1-2H3;6-8H,4-5,9-10H2,1-3H3;4H,2-3,6H2,1H3,(H,7,8)(H,9,10). The van der Waals surface area contributed by atoms with E-state index >= 15 is 0 Å². The summed E-state index contributed by atoms with van der Waals surface area (Å²) < 4.78 is 61.5. The summed E-state index contributed by atoms with van der Waals surface area (Å²) in [5, 5.41) is 10.8. The first-order valence-electron chi connectivity index (χ1n) is 16.7. The smallest absolute Gasteiger partial charge is 0.355 e. The van der Waals surface area contributed by atoms with Crippen molar-refractivity contribution in [3.63, 3.8) is 0 Å². The van der Waals surface area contributed by atoms with Crippen LogP contribution in [0.5, 0.6) is 0 Å². The molecule has 55 heavy (non-hydrogen) atoms. The number of carboxylic acid groups (broad SMARTS) is 1. The number of ether oxygens (including phenoxy) is 2. The number of carboxylic acids is 1. The normalized spacial score (nSPS) is 13.1. The summed E-state index contributed by atoms with van der Waals surface area (Å²) >= 11 is 17.6. The number of esters is 1. The van der Waals surface area contributed by atoms with Crippen LogP contribution in [0.15, 0.2) is 35.1 Å². The fraction of sp³-hybridized carbons (Fsp3) is 0.500. The van der Waals surface area contributed by atoms with Crippen LogP contribution < -0.4 is 16.3 Å². The number of hydrogen-bond donors (Lipinski definition) is 3. The molecule has 0 aliphatic carbocycles. The van der Waals surface area contributed by atoms with Gasteiger partial charge >= 0.3 is 24.2 Å². The van der Waals surface area contributed by atoms with Gasteiger partial charge in [-0.05, 0) is 69.4 Å². The van der Waals surface area contributed by atoms with Crippen molar-refractivity contribution in [2.45, 2.75) is 71.8 Å². The Hall–Kier alpha value is -3.44. The molecule has 1 aromatic heterocycles. The molecule has 2 aromatic carbocycles. The second-order valence-corrected chi connectivity index (χ2v) is 15.5. The van der Waals surface area contributed by atoms with Gasteiger partial charge in [-0.1, -0.05) is 36.7 Å². The lowest BCUT2D eigenvalue weighted by molar-refractivity contribution is -0.142. The maximum absolute atomic E-state index is 14.2. The average molecular weight is 863 g/mol. The van der Waals surface area contributed by atoms with Gasteiger partial charge in [-0.15, -0.1) is 28.3 Å². The van der Waals surface area contributed by atoms with Gasteiger partial charge in [-0.2, -0.15) is 13.5 Å². The largest absolute Gasteiger partial charge is 0.480 e. The van der Waals surface area contributed by atoms with Crippen LogP contribution in [0.2, 0.25) is 5.02 Å². The first kappa shape index (κ1) is 49.6. The molecule has 0 aliphatic rings. The molecule has 3 aromatic rings. The van der Waals surface area contributed by atoms with Gasteiger partial charge in [0.1, 0.15) is 35.5 Å². The highest BCUT2D eigenvalue weighted by atomic mass is 35.5. The van der Waals surface area contributed by atoms with Crippen molar-refractivity contribution in [1.29, 1.82) is 0 Å². The molecule has 3 rings (SSSR count). The molecule has 0 aliphatic heterocycles. The number of para-hydroxylation sites is 1. The number of halogens is 6. The molecule has 0 spiro atoms. The molecule has 3 unspecified atom stereocenters. The van der Waals surface area contributed by atoms with Gasteiger partial charge < -0.3 is 25.2 Å². The number of benzene rings is 2. The van der Waals surface area contributed by atoms with Gasteiger partial charge in [-0.3, -0.25) is 23.8 Å². The lowest BCUT2D eigenvalue weighted by atomic mass is 10.0. The van der Waals surface area contributed by atoms with Crippen LogP contribution in [0.3, 0.4) is 0 Å². The van der Waals surface area contributed by atoms with Crippen LogP contribution in [0.1, 0.15) is 56.3 Å². The summed E-state index contributed by atoms with van der Waals surface area (Å²) in [5.74, 6) is -3.23. The van der Waals surface area contributed by atoms with E-state index in [1.165, 1.54) is 13.6 Å². The summed E-state index contributed by atoms with van der Waals surface area (Å²) in [7, 11) is -3.10. The van der Waals surface area contributed by atoms with Gasteiger partial charge in [0.05, 0.1) is 12.3 Å². The SMILES string of the molecule is CCOC(=O)C(Cl)Cc1cc(-n2nc(C)n(C(F)F)c2=O)c(F)cc1Cl.CCOCN(C(=O)CCl)c1c(C)cccc1CC.CP(=O)(O)CCC(N)C(=O)O. The second kappa shape index (κ2) is 23.6. The predicted octanol–water partition coefficient (Wildman–Crippen LogP) is 6.05. The number of hydrogen-bond acceptors (Lipinski definition) is 9. The zero-order chi connectivity index (χ0) is 42.2. The number of carbonyl (C=O) groups is 3. The van der Waals surface area contributed by atoms with E-state index in [0.29, 0.717) is 11.3 Å². The van der Waals surface area contributed by atoms with E-state index in [-0.39, 0.29) is 70.8 Å². The van der Waals surface area contributed by atoms with Crippen molar-refractivity contribution >= 4 is 65.7 Å². The Morgan fingerprint density at radius 3 is 2.24 bits per heavy atom. The minimum Gasteiger partial charge on any atom is -0.480 e. The number of nitrogens with zero attached hydrogens (tertiary/aromatic N) is 4. The molecule has 308 valence electrons. The average Bonchev–Trinajstić information content (AvgIpc) is 3.41. The molecule has 1 heterocycles. The molecule has 0 fully saturated rings. The highest BCUT2D eigenvalue weighted by molar-refractivity contribution is 7.57. The summed E-state index contributed by atoms with van der Waals surface area (Å²) in [6.45, 7) is 7.78. The molecule has 3 atom stereocenters. The minimum absolute atomic E-state index is 0.0371. The number of rotatable bonds is 16. The van der Waals surface area contributed by atoms with Gasteiger partial charge in [-0.25, -0.2) is 13.8 Å². The third kappa shape index (κ3) is 15.6. The quantitative estimate of drug-likeness (QED) is 0.0656. The van der Waals surface area contributed by atoms with Crippen LogP contribution in [-0.2, 0) is 41.3 Å². The molecule has 0 saturated carbocycles. The van der Waals surface area contributed by atoms with Crippen molar-refractivity contribution in [2.75, 3.05) is 43.6 Å². The van der Waals surface area contributed by atoms with Crippen molar-refractivity contribution in [2.24, 2.45) is 5.73 Å². The molecule has 21 heteroatoms. The summed E-state index contributed by atoms with van der Waals surface area (Å²) in [5.41, 5.74) is 6.85. The first-order chi connectivity index (χ1) is 25.6. The number of aryl methyl sites for hydroxylation is 3. The number of anilines is 1. The van der Waals surface area contributed by atoms with Gasteiger partial charge in [0, 0.05) is 30.9 Å². The van der Waals surface area contributed by atoms with Crippen LogP contribution in [0.25, 0.3) is 5.69 Å². The van der Waals surface area contributed by atoms with E-state index in [1.54, 1.807) is 11.8 Å². The Labute approximate surface area is 331 Å². The minimum atomic E-state index is -3.12. The van der Waals surface area contributed by atoms with Gasteiger partial charge in [0.25, 0.3) is 0 Å². The zero-order valence-electron chi connectivity index (χ0n) is 31.1. The number of aromatic nitrogens is 3. The van der Waals surface area contributed by atoms with Crippen LogP contribution >= 0.6 is 42.2 Å². The number of nitrogens with two attached hydrogens (primary N) is 1. The number of carbonyl (C=O) groups excluding carboxylic acids is 2. The van der Waals surface area contributed by atoms with E-state index in [9.17, 15) is 36.9 Å². The van der Waals surface area contributed by atoms with E-state index in [1.807, 2.05) is 32.0 Å². The Morgan fingerprint density at radius 1 is 1.11 bits per heavy atom. The summed E-state index contributed by atoms with van der Waals surface area (Å²) in [4.78, 5) is 56.2. The third-order valence-corrected chi connectivity index (χ3v) is 9.45. The summed E-state index contributed by atoms with van der Waals surface area (Å²) in [6, 6.07) is 7.02. The van der Waals surface area contributed by atoms with Crippen LogP contribution in [0.4, 0.5) is 18.9 Å². The molecular weight excluding hydrogens is 817 g/mol. The van der Waals surface area contributed by atoms with E-state index in [0.717, 1.165) is 35.4 Å². The highest BCUT2D eigenvalue weighted by Gasteiger charge is 2.24. The number of aliphatic carboxylic acids is 1. The lowest BCUT2D eigenvalue weighted by Gasteiger charge is -2.25. The lowest BCUT2D eigenvalue weighted by Crippen LogP contribution is -2.35. The number of alkyl halides is 4. The maximum atomic E-state index is 14.2. The van der Waals surface area contributed by atoms with E-state index < -0.39 is 48.8 Å². The first-order valence-corrected chi connectivity index (χ1v) is 20.3. The molecule has 1 amide bonds. The molecule has 0 radical (unpaired) electrons. The van der Waals surface area contributed by atoms with Crippen molar-refractivity contribution < 1.29 is 51.6 Å². The van der Waals surface area contributed by atoms with Crippen molar-refractivity contribution in [3.8, 4) is 5.69 Å². The fourth-order valence-electron chi connectivity index (χ4n) is 4.68. The van der Waals surface area contributed by atoms with Gasteiger partial charge in [0.2, 0.25) is 5.91 Å². The summed E-state index contributed by atoms with van der Waals surface area (Å²) in [6.07, 6.45) is 0.755. The van der Waals surface area contributed by atoms with Crippen LogP contribution in [0, 0.1) is 19.7 Å². The molecule has 0 bridgehead atoms. The van der Waals surface area contributed by atoms with Gasteiger partial charge in [0.15, 0.2) is 13.2 Å². The van der Waals surface area contributed by atoms with Crippen LogP contribution in [-0.4, -0.2) is 92.3 Å². The second-order valence-electron chi connectivity index (χ2n) is 11.7. The molecular formula is C34H46Cl3F3N5O9P. The fourth-order valence-corrected chi connectivity index (χ4v) is 6.03. The van der Waals surface area contributed by atoms with E-state index in [4.69, 9.17) is 60.0 Å². The molecule has 0 saturated heterocycles. The Morgan fingerprint density at radius 2 is 1.75 bits per heavy atom. The van der Waals surface area contributed by atoms with E-state index in [2.05, 4.69) is 12.0 Å². The Balaban J connectivity index is 0.000000452. The van der Waals surface area contributed by atoms with Crippen molar-refractivity contribution in [3.05, 3.63) is 74.2 Å². The topological polar surface area (TPSA) is 196 Å². The third-order valence-electron chi connectivity index (χ3n) is 7.45. The Kier molecular flexibility index (Phi) is 21.3. The van der Waals surface area contributed by atoms with Crippen molar-refractivity contribution in [1.82, 2.24) is 14.3 Å².